The Bertz CT molecular complexity index is 1050. The molecule has 1 aromatic carbocycles. The molecule has 2 saturated heterocycles. The summed E-state index contributed by atoms with van der Waals surface area (Å²) < 4.78 is 1.65. The molecule has 1 N–H and O–H groups in total. The van der Waals surface area contributed by atoms with Gasteiger partial charge in [0, 0.05) is 39.1 Å². The van der Waals surface area contributed by atoms with Gasteiger partial charge in [0.2, 0.25) is 11.8 Å². The van der Waals surface area contributed by atoms with Gasteiger partial charge in [-0.1, -0.05) is 30.7 Å². The summed E-state index contributed by atoms with van der Waals surface area (Å²) in [6, 6.07) is 5.71. The molecule has 2 fully saturated rings. The quantitative estimate of drug-likeness (QED) is 0.712. The SMILES string of the molecule is CCCn1cncc(N2CCN(c3cccc(C4CCC(=O)NC4=O)c3Cl)CC2)c1=O. The number of hydrogen-bond acceptors (Lipinski definition) is 6. The van der Waals surface area contributed by atoms with Crippen LogP contribution in [0.15, 0.2) is 35.5 Å². The van der Waals surface area contributed by atoms with Crippen LogP contribution in [0, 0.1) is 0 Å². The number of rotatable bonds is 5. The molecular weight excluding hydrogens is 418 g/mol. The lowest BCUT2D eigenvalue weighted by Crippen LogP contribution is -2.48. The number of halogens is 1. The first-order valence-corrected chi connectivity index (χ1v) is 11.0. The number of aryl methyl sites for hydroxylation is 1. The molecule has 4 rings (SSSR count). The van der Waals surface area contributed by atoms with Gasteiger partial charge in [-0.15, -0.1) is 0 Å². The largest absolute Gasteiger partial charge is 0.367 e. The third kappa shape index (κ3) is 4.30. The molecule has 31 heavy (non-hydrogen) atoms. The zero-order valence-electron chi connectivity index (χ0n) is 17.5. The molecule has 9 heteroatoms. The molecule has 2 aromatic rings. The Morgan fingerprint density at radius 3 is 2.48 bits per heavy atom. The molecule has 1 atom stereocenters. The molecule has 1 unspecified atom stereocenters. The molecule has 164 valence electrons. The average Bonchev–Trinajstić information content (AvgIpc) is 2.76. The van der Waals surface area contributed by atoms with E-state index in [0.717, 1.165) is 17.7 Å². The third-order valence-corrected chi connectivity index (χ3v) is 6.34. The fourth-order valence-corrected chi connectivity index (χ4v) is 4.66. The van der Waals surface area contributed by atoms with Gasteiger partial charge in [-0.3, -0.25) is 24.3 Å². The maximum atomic E-state index is 12.7. The summed E-state index contributed by atoms with van der Waals surface area (Å²) in [5.41, 5.74) is 2.24. The number of hydrogen-bond donors (Lipinski definition) is 1. The Labute approximate surface area is 185 Å². The second-order valence-electron chi connectivity index (χ2n) is 7.94. The van der Waals surface area contributed by atoms with Crippen molar-refractivity contribution in [3.8, 4) is 0 Å². The maximum Gasteiger partial charge on any atom is 0.276 e. The lowest BCUT2D eigenvalue weighted by atomic mass is 9.90. The van der Waals surface area contributed by atoms with Gasteiger partial charge >= 0.3 is 0 Å². The first kappa shape index (κ1) is 21.4. The second kappa shape index (κ2) is 9.09. The van der Waals surface area contributed by atoms with Crippen molar-refractivity contribution in [1.29, 1.82) is 0 Å². The molecule has 8 nitrogen and oxygen atoms in total. The van der Waals surface area contributed by atoms with Crippen molar-refractivity contribution in [2.75, 3.05) is 36.0 Å². The molecule has 0 bridgehead atoms. The monoisotopic (exact) mass is 443 g/mol. The number of piperidine rings is 1. The van der Waals surface area contributed by atoms with E-state index in [-0.39, 0.29) is 17.4 Å². The fourth-order valence-electron chi connectivity index (χ4n) is 4.29. The van der Waals surface area contributed by atoms with Crippen molar-refractivity contribution < 1.29 is 9.59 Å². The van der Waals surface area contributed by atoms with E-state index in [0.29, 0.717) is 56.3 Å². The van der Waals surface area contributed by atoms with Gasteiger partial charge in [-0.05, 0) is 24.5 Å². The Kier molecular flexibility index (Phi) is 6.27. The lowest BCUT2D eigenvalue weighted by molar-refractivity contribution is -0.134. The highest BCUT2D eigenvalue weighted by atomic mass is 35.5. The number of amides is 2. The first-order chi connectivity index (χ1) is 15.0. The summed E-state index contributed by atoms with van der Waals surface area (Å²) in [6.45, 7) is 5.42. The van der Waals surface area contributed by atoms with Gasteiger partial charge in [-0.25, -0.2) is 4.98 Å². The van der Waals surface area contributed by atoms with Crippen LogP contribution in [-0.4, -0.2) is 47.5 Å². The van der Waals surface area contributed by atoms with Crippen LogP contribution in [0.4, 0.5) is 11.4 Å². The highest BCUT2D eigenvalue weighted by Crippen LogP contribution is 2.37. The Morgan fingerprint density at radius 1 is 1.10 bits per heavy atom. The van der Waals surface area contributed by atoms with Crippen molar-refractivity contribution in [1.82, 2.24) is 14.9 Å². The normalized spacial score (nSPS) is 19.5. The third-order valence-electron chi connectivity index (χ3n) is 5.93. The van der Waals surface area contributed by atoms with Gasteiger partial charge in [0.25, 0.3) is 5.56 Å². The Balaban J connectivity index is 1.50. The van der Waals surface area contributed by atoms with Crippen molar-refractivity contribution in [2.24, 2.45) is 0 Å². The summed E-state index contributed by atoms with van der Waals surface area (Å²) in [6.07, 6.45) is 4.89. The smallest absolute Gasteiger partial charge is 0.276 e. The molecule has 2 amide bonds. The zero-order chi connectivity index (χ0) is 22.0. The van der Waals surface area contributed by atoms with Crippen LogP contribution < -0.4 is 20.7 Å². The molecule has 0 radical (unpaired) electrons. The topological polar surface area (TPSA) is 87.5 Å². The van der Waals surface area contributed by atoms with Crippen LogP contribution in [0.5, 0.6) is 0 Å². The molecule has 3 heterocycles. The van der Waals surface area contributed by atoms with Crippen molar-refractivity contribution in [3.05, 3.63) is 51.7 Å². The first-order valence-electron chi connectivity index (χ1n) is 10.7. The van der Waals surface area contributed by atoms with E-state index in [2.05, 4.69) is 20.1 Å². The van der Waals surface area contributed by atoms with E-state index in [1.54, 1.807) is 17.1 Å². The summed E-state index contributed by atoms with van der Waals surface area (Å²) >= 11 is 6.73. The molecule has 1 aromatic heterocycles. The number of aromatic nitrogens is 2. The minimum Gasteiger partial charge on any atom is -0.367 e. The lowest BCUT2D eigenvalue weighted by Gasteiger charge is -2.37. The van der Waals surface area contributed by atoms with E-state index >= 15 is 0 Å². The van der Waals surface area contributed by atoms with Gasteiger partial charge in [-0.2, -0.15) is 0 Å². The summed E-state index contributed by atoms with van der Waals surface area (Å²) in [4.78, 5) is 45.0. The number of anilines is 2. The molecule has 2 aliphatic rings. The van der Waals surface area contributed by atoms with Crippen LogP contribution in [0.1, 0.15) is 37.7 Å². The molecule has 0 saturated carbocycles. The molecule has 0 spiro atoms. The number of carbonyl (C=O) groups is 2. The number of nitrogens with one attached hydrogen (secondary N) is 1. The second-order valence-corrected chi connectivity index (χ2v) is 8.31. The summed E-state index contributed by atoms with van der Waals surface area (Å²) in [5, 5.41) is 2.96. The van der Waals surface area contributed by atoms with E-state index in [1.165, 1.54) is 0 Å². The van der Waals surface area contributed by atoms with Crippen molar-refractivity contribution in [2.45, 2.75) is 38.6 Å². The van der Waals surface area contributed by atoms with E-state index < -0.39 is 5.92 Å². The number of nitrogens with zero attached hydrogens (tertiary/aromatic N) is 4. The number of piperazine rings is 1. The summed E-state index contributed by atoms with van der Waals surface area (Å²) in [7, 11) is 0. The fraction of sp³-hybridized carbons (Fsp3) is 0.455. The predicted molar refractivity (Wildman–Crippen MR) is 120 cm³/mol. The van der Waals surface area contributed by atoms with Crippen LogP contribution >= 0.6 is 11.6 Å². The molecule has 0 aliphatic carbocycles. The highest BCUT2D eigenvalue weighted by Gasteiger charge is 2.31. The minimum absolute atomic E-state index is 0.0109. The van der Waals surface area contributed by atoms with Crippen LogP contribution in [0.2, 0.25) is 5.02 Å². The van der Waals surface area contributed by atoms with Gasteiger partial charge < -0.3 is 9.80 Å². The zero-order valence-corrected chi connectivity index (χ0v) is 18.3. The van der Waals surface area contributed by atoms with Gasteiger partial charge in [0.05, 0.1) is 29.2 Å². The van der Waals surface area contributed by atoms with Crippen LogP contribution in [0.3, 0.4) is 0 Å². The number of imide groups is 1. The Hall–Kier alpha value is -2.87. The van der Waals surface area contributed by atoms with Gasteiger partial charge in [0.1, 0.15) is 5.69 Å². The van der Waals surface area contributed by atoms with E-state index in [1.807, 2.05) is 25.1 Å². The average molecular weight is 444 g/mol. The molecule has 2 aliphatic heterocycles. The van der Waals surface area contributed by atoms with Crippen molar-refractivity contribution in [3.63, 3.8) is 0 Å². The standard InChI is InChI=1S/C22H26ClN5O3/c1-2-8-28-14-24-13-18(22(28)31)27-11-9-26(10-12-27)17-5-3-4-15(20(17)23)16-6-7-19(29)25-21(16)30/h3-5,13-14,16H,2,6-12H2,1H3,(H,25,29,30). The predicted octanol–water partition coefficient (Wildman–Crippen LogP) is 2.15. The van der Waals surface area contributed by atoms with Crippen LogP contribution in [-0.2, 0) is 16.1 Å². The number of benzene rings is 1. The Morgan fingerprint density at radius 2 is 1.81 bits per heavy atom. The van der Waals surface area contributed by atoms with Crippen LogP contribution in [0.25, 0.3) is 0 Å². The van der Waals surface area contributed by atoms with Crippen molar-refractivity contribution >= 4 is 34.8 Å². The minimum atomic E-state index is -0.418. The summed E-state index contributed by atoms with van der Waals surface area (Å²) in [5.74, 6) is -0.947. The number of carbonyl (C=O) groups excluding carboxylic acids is 2. The highest BCUT2D eigenvalue weighted by molar-refractivity contribution is 6.34. The van der Waals surface area contributed by atoms with E-state index in [4.69, 9.17) is 11.6 Å². The molecular formula is C22H26ClN5O3. The van der Waals surface area contributed by atoms with Gasteiger partial charge in [0.15, 0.2) is 0 Å². The van der Waals surface area contributed by atoms with E-state index in [9.17, 15) is 14.4 Å². The maximum absolute atomic E-state index is 12.7.